The molecule has 1 N–H and O–H groups in total. The lowest BCUT2D eigenvalue weighted by Gasteiger charge is -2.35. The fourth-order valence-corrected chi connectivity index (χ4v) is 3.00. The predicted octanol–water partition coefficient (Wildman–Crippen LogP) is 1.98. The molecule has 1 aliphatic rings. The van der Waals surface area contributed by atoms with E-state index < -0.39 is 0 Å². The molecule has 0 spiro atoms. The first-order valence-electron chi connectivity index (χ1n) is 7.71. The van der Waals surface area contributed by atoms with Crippen LogP contribution in [-0.2, 0) is 6.54 Å². The molecule has 0 aliphatic carbocycles. The predicted molar refractivity (Wildman–Crippen MR) is 79.1 cm³/mol. The third-order valence-corrected chi connectivity index (χ3v) is 4.27. The Hall–Kier alpha value is -0.870. The second-order valence-corrected chi connectivity index (χ2v) is 5.72. The number of hydrogen-bond donors (Lipinski definition) is 1. The molecule has 0 aromatic carbocycles. The van der Waals surface area contributed by atoms with Crippen LogP contribution in [-0.4, -0.2) is 46.7 Å². The van der Waals surface area contributed by atoms with Crippen LogP contribution in [0.5, 0.6) is 0 Å². The van der Waals surface area contributed by atoms with Gasteiger partial charge in [0.15, 0.2) is 0 Å². The van der Waals surface area contributed by atoms with E-state index in [0.717, 1.165) is 19.0 Å². The third kappa shape index (κ3) is 4.62. The average Bonchev–Trinajstić information content (AvgIpc) is 2.93. The molecule has 108 valence electrons. The number of hydrogen-bond acceptors (Lipinski definition) is 3. The molecule has 1 aliphatic heterocycles. The molecular formula is C15H28N4. The van der Waals surface area contributed by atoms with Crippen LogP contribution in [0.25, 0.3) is 0 Å². The van der Waals surface area contributed by atoms with Crippen molar-refractivity contribution in [2.75, 3.05) is 26.2 Å². The van der Waals surface area contributed by atoms with Crippen LogP contribution >= 0.6 is 0 Å². The first-order chi connectivity index (χ1) is 9.29. The van der Waals surface area contributed by atoms with Crippen LogP contribution in [0.2, 0.25) is 0 Å². The van der Waals surface area contributed by atoms with E-state index in [4.69, 9.17) is 0 Å². The third-order valence-electron chi connectivity index (χ3n) is 4.27. The molecular weight excluding hydrogens is 236 g/mol. The van der Waals surface area contributed by atoms with E-state index in [1.54, 1.807) is 0 Å². The van der Waals surface area contributed by atoms with Crippen molar-refractivity contribution in [2.24, 2.45) is 5.92 Å². The summed E-state index contributed by atoms with van der Waals surface area (Å²) in [6.45, 7) is 10.5. The first-order valence-corrected chi connectivity index (χ1v) is 7.71. The zero-order valence-electron chi connectivity index (χ0n) is 12.4. The minimum atomic E-state index is 0.632. The number of likely N-dealkylation sites (tertiary alicyclic amines) is 1. The number of nitrogens with zero attached hydrogens (tertiary/aromatic N) is 3. The van der Waals surface area contributed by atoms with Crippen molar-refractivity contribution in [3.8, 4) is 0 Å². The van der Waals surface area contributed by atoms with Gasteiger partial charge < -0.3 is 14.8 Å². The normalized spacial score (nSPS) is 19.7. The summed E-state index contributed by atoms with van der Waals surface area (Å²) in [5.74, 6) is 0.843. The fraction of sp³-hybridized carbons (Fsp3) is 0.800. The fourth-order valence-electron chi connectivity index (χ4n) is 3.00. The standard InChI is InChI=1S/C15H28N4/c1-3-8-18-9-4-15(5-10-18)14(2)17-7-12-19-11-6-16-13-19/h6,11,13-15,17H,3-5,7-10,12H2,1-2H3. The summed E-state index contributed by atoms with van der Waals surface area (Å²) >= 11 is 0. The van der Waals surface area contributed by atoms with Crippen molar-refractivity contribution >= 4 is 0 Å². The minimum absolute atomic E-state index is 0.632. The zero-order valence-corrected chi connectivity index (χ0v) is 12.4. The molecule has 2 heterocycles. The second kappa shape index (κ2) is 7.65. The molecule has 4 heteroatoms. The van der Waals surface area contributed by atoms with Crippen LogP contribution < -0.4 is 5.32 Å². The lowest BCUT2D eigenvalue weighted by Crippen LogP contribution is -2.42. The van der Waals surface area contributed by atoms with Crippen LogP contribution in [0.3, 0.4) is 0 Å². The summed E-state index contributed by atoms with van der Waals surface area (Å²) in [4.78, 5) is 6.67. The van der Waals surface area contributed by atoms with Gasteiger partial charge in [0.1, 0.15) is 0 Å². The number of rotatable bonds is 7. The average molecular weight is 264 g/mol. The highest BCUT2D eigenvalue weighted by molar-refractivity contribution is 4.80. The summed E-state index contributed by atoms with van der Waals surface area (Å²) in [6.07, 6.45) is 9.72. The molecule has 0 bridgehead atoms. The van der Waals surface area contributed by atoms with E-state index in [1.165, 1.54) is 38.9 Å². The molecule has 0 saturated carbocycles. The van der Waals surface area contributed by atoms with E-state index in [0.29, 0.717) is 6.04 Å². The summed E-state index contributed by atoms with van der Waals surface area (Å²) < 4.78 is 2.13. The van der Waals surface area contributed by atoms with Crippen molar-refractivity contribution in [3.05, 3.63) is 18.7 Å². The lowest BCUT2D eigenvalue weighted by molar-refractivity contribution is 0.162. The van der Waals surface area contributed by atoms with Gasteiger partial charge in [0, 0.05) is 31.5 Å². The Morgan fingerprint density at radius 3 is 2.74 bits per heavy atom. The number of nitrogens with one attached hydrogen (secondary N) is 1. The molecule has 1 atom stereocenters. The molecule has 4 nitrogen and oxygen atoms in total. The summed E-state index contributed by atoms with van der Waals surface area (Å²) in [5.41, 5.74) is 0. The van der Waals surface area contributed by atoms with Gasteiger partial charge in [0.2, 0.25) is 0 Å². The Kier molecular flexibility index (Phi) is 5.86. The number of piperidine rings is 1. The molecule has 0 amide bonds. The molecule has 2 rings (SSSR count). The Morgan fingerprint density at radius 2 is 2.11 bits per heavy atom. The molecule has 1 aromatic rings. The molecule has 1 saturated heterocycles. The second-order valence-electron chi connectivity index (χ2n) is 5.72. The van der Waals surface area contributed by atoms with Crippen molar-refractivity contribution in [2.45, 2.75) is 45.7 Å². The maximum atomic E-state index is 4.07. The smallest absolute Gasteiger partial charge is 0.0946 e. The van der Waals surface area contributed by atoms with Crippen molar-refractivity contribution in [3.63, 3.8) is 0 Å². The van der Waals surface area contributed by atoms with Crippen LogP contribution in [0.1, 0.15) is 33.1 Å². The Labute approximate surface area is 117 Å². The first kappa shape index (κ1) is 14.5. The van der Waals surface area contributed by atoms with Gasteiger partial charge in [0.25, 0.3) is 0 Å². The van der Waals surface area contributed by atoms with E-state index in [-0.39, 0.29) is 0 Å². The maximum Gasteiger partial charge on any atom is 0.0946 e. The number of imidazole rings is 1. The summed E-state index contributed by atoms with van der Waals surface area (Å²) in [5, 5.41) is 3.67. The molecule has 0 radical (unpaired) electrons. The topological polar surface area (TPSA) is 33.1 Å². The van der Waals surface area contributed by atoms with Crippen molar-refractivity contribution in [1.82, 2.24) is 19.8 Å². The monoisotopic (exact) mass is 264 g/mol. The number of aromatic nitrogens is 2. The van der Waals surface area contributed by atoms with Crippen LogP contribution in [0, 0.1) is 5.92 Å². The van der Waals surface area contributed by atoms with Crippen molar-refractivity contribution < 1.29 is 0 Å². The van der Waals surface area contributed by atoms with Gasteiger partial charge in [-0.1, -0.05) is 6.92 Å². The van der Waals surface area contributed by atoms with Gasteiger partial charge in [0.05, 0.1) is 6.33 Å². The summed E-state index contributed by atoms with van der Waals surface area (Å²) in [6, 6.07) is 0.632. The highest BCUT2D eigenvalue weighted by atomic mass is 15.1. The van der Waals surface area contributed by atoms with Gasteiger partial charge in [-0.15, -0.1) is 0 Å². The van der Waals surface area contributed by atoms with Gasteiger partial charge in [-0.05, 0) is 51.7 Å². The zero-order chi connectivity index (χ0) is 13.5. The van der Waals surface area contributed by atoms with Crippen LogP contribution in [0.15, 0.2) is 18.7 Å². The van der Waals surface area contributed by atoms with E-state index in [1.807, 2.05) is 18.7 Å². The molecule has 19 heavy (non-hydrogen) atoms. The van der Waals surface area contributed by atoms with Gasteiger partial charge in [-0.2, -0.15) is 0 Å². The van der Waals surface area contributed by atoms with E-state index >= 15 is 0 Å². The minimum Gasteiger partial charge on any atom is -0.336 e. The SMILES string of the molecule is CCCN1CCC(C(C)NCCn2ccnc2)CC1. The van der Waals surface area contributed by atoms with E-state index in [2.05, 4.69) is 33.6 Å². The Bertz CT molecular complexity index is 328. The largest absolute Gasteiger partial charge is 0.336 e. The molecule has 1 aromatic heterocycles. The van der Waals surface area contributed by atoms with Gasteiger partial charge >= 0.3 is 0 Å². The van der Waals surface area contributed by atoms with Crippen molar-refractivity contribution in [1.29, 1.82) is 0 Å². The van der Waals surface area contributed by atoms with Crippen LogP contribution in [0.4, 0.5) is 0 Å². The van der Waals surface area contributed by atoms with E-state index in [9.17, 15) is 0 Å². The summed E-state index contributed by atoms with van der Waals surface area (Å²) in [7, 11) is 0. The quantitative estimate of drug-likeness (QED) is 0.817. The molecule has 1 fully saturated rings. The highest BCUT2D eigenvalue weighted by Gasteiger charge is 2.22. The van der Waals surface area contributed by atoms with Gasteiger partial charge in [-0.3, -0.25) is 0 Å². The Morgan fingerprint density at radius 1 is 1.32 bits per heavy atom. The maximum absolute atomic E-state index is 4.07. The lowest BCUT2D eigenvalue weighted by atomic mass is 9.90. The Balaban J connectivity index is 1.62. The molecule has 1 unspecified atom stereocenters. The van der Waals surface area contributed by atoms with Gasteiger partial charge in [-0.25, -0.2) is 4.98 Å². The highest BCUT2D eigenvalue weighted by Crippen LogP contribution is 2.20.